The second-order valence-electron chi connectivity index (χ2n) is 5.82. The smallest absolute Gasteiger partial charge is 0.274 e. The Morgan fingerprint density at radius 2 is 1.42 bits per heavy atom. The van der Waals surface area contributed by atoms with Crippen LogP contribution in [0.5, 0.6) is 0 Å². The van der Waals surface area contributed by atoms with Gasteiger partial charge in [-0.1, -0.05) is 60.7 Å². The Balaban J connectivity index is 1.78. The van der Waals surface area contributed by atoms with Gasteiger partial charge in [-0.05, 0) is 47.0 Å². The number of carbonyl (C=O) groups is 1. The van der Waals surface area contributed by atoms with Crippen molar-refractivity contribution in [3.8, 4) is 0 Å². The van der Waals surface area contributed by atoms with Gasteiger partial charge in [0.2, 0.25) is 0 Å². The van der Waals surface area contributed by atoms with Gasteiger partial charge < -0.3 is 5.32 Å². The van der Waals surface area contributed by atoms with E-state index >= 15 is 0 Å². The maximum atomic E-state index is 11.4. The number of anilines is 1. The molecular weight excluding hydrogens is 324 g/mol. The van der Waals surface area contributed by atoms with Crippen LogP contribution in [0, 0.1) is 0 Å². The van der Waals surface area contributed by atoms with E-state index in [0.29, 0.717) is 12.1 Å². The van der Waals surface area contributed by atoms with Gasteiger partial charge in [0, 0.05) is 17.8 Å². The molecule has 1 amide bonds. The third kappa shape index (κ3) is 4.59. The first-order valence-electron chi connectivity index (χ1n) is 8.35. The van der Waals surface area contributed by atoms with Gasteiger partial charge in [0.1, 0.15) is 0 Å². The SMILES string of the molecule is O=C(NO)c1ccc(NC/C(=C/c2ccccc2)c2ccccc2)cc1. The molecule has 0 aliphatic heterocycles. The van der Waals surface area contributed by atoms with E-state index in [1.807, 2.05) is 48.5 Å². The quantitative estimate of drug-likeness (QED) is 0.351. The van der Waals surface area contributed by atoms with Crippen LogP contribution in [0.2, 0.25) is 0 Å². The van der Waals surface area contributed by atoms with Crippen molar-refractivity contribution in [1.29, 1.82) is 0 Å². The van der Waals surface area contributed by atoms with Gasteiger partial charge in [0.25, 0.3) is 5.91 Å². The van der Waals surface area contributed by atoms with Gasteiger partial charge in [0.15, 0.2) is 0 Å². The van der Waals surface area contributed by atoms with E-state index in [0.717, 1.165) is 22.4 Å². The minimum absolute atomic E-state index is 0.404. The van der Waals surface area contributed by atoms with Crippen molar-refractivity contribution in [3.63, 3.8) is 0 Å². The fourth-order valence-corrected chi connectivity index (χ4v) is 2.64. The lowest BCUT2D eigenvalue weighted by molar-refractivity contribution is 0.0706. The summed E-state index contributed by atoms with van der Waals surface area (Å²) in [6.45, 7) is 0.643. The Kier molecular flexibility index (Phi) is 5.80. The molecule has 0 aliphatic carbocycles. The van der Waals surface area contributed by atoms with E-state index in [4.69, 9.17) is 5.21 Å². The van der Waals surface area contributed by atoms with Crippen molar-refractivity contribution >= 4 is 23.2 Å². The molecule has 0 fully saturated rings. The zero-order chi connectivity index (χ0) is 18.2. The maximum Gasteiger partial charge on any atom is 0.274 e. The minimum atomic E-state index is -0.523. The van der Waals surface area contributed by atoms with Crippen molar-refractivity contribution in [2.45, 2.75) is 0 Å². The van der Waals surface area contributed by atoms with Crippen molar-refractivity contribution < 1.29 is 10.0 Å². The Morgan fingerprint density at radius 3 is 2.04 bits per heavy atom. The van der Waals surface area contributed by atoms with Gasteiger partial charge in [-0.25, -0.2) is 5.48 Å². The van der Waals surface area contributed by atoms with Crippen LogP contribution in [0.3, 0.4) is 0 Å². The number of carbonyl (C=O) groups excluding carboxylic acids is 1. The Hall–Kier alpha value is -3.37. The molecule has 3 N–H and O–H groups in total. The van der Waals surface area contributed by atoms with E-state index in [1.54, 1.807) is 17.6 Å². The van der Waals surface area contributed by atoms with Crippen LogP contribution >= 0.6 is 0 Å². The summed E-state index contributed by atoms with van der Waals surface area (Å²) in [7, 11) is 0. The number of hydrogen-bond acceptors (Lipinski definition) is 3. The third-order valence-corrected chi connectivity index (χ3v) is 4.02. The number of benzene rings is 3. The zero-order valence-corrected chi connectivity index (χ0v) is 14.2. The molecule has 130 valence electrons. The molecule has 0 unspecified atom stereocenters. The normalized spacial score (nSPS) is 11.0. The first-order valence-corrected chi connectivity index (χ1v) is 8.35. The van der Waals surface area contributed by atoms with Crippen molar-refractivity contribution in [1.82, 2.24) is 5.48 Å². The molecule has 0 bridgehead atoms. The second kappa shape index (κ2) is 8.65. The highest BCUT2D eigenvalue weighted by Crippen LogP contribution is 2.19. The van der Waals surface area contributed by atoms with Gasteiger partial charge in [-0.3, -0.25) is 10.0 Å². The minimum Gasteiger partial charge on any atom is -0.381 e. The summed E-state index contributed by atoms with van der Waals surface area (Å²) in [5.74, 6) is -0.523. The van der Waals surface area contributed by atoms with Gasteiger partial charge >= 0.3 is 0 Å². The molecule has 0 saturated heterocycles. The van der Waals surface area contributed by atoms with Crippen LogP contribution in [-0.4, -0.2) is 17.7 Å². The Bertz CT molecular complexity index is 873. The Morgan fingerprint density at radius 1 is 0.808 bits per heavy atom. The highest BCUT2D eigenvalue weighted by Gasteiger charge is 2.05. The zero-order valence-electron chi connectivity index (χ0n) is 14.2. The summed E-state index contributed by atoms with van der Waals surface area (Å²) >= 11 is 0. The lowest BCUT2D eigenvalue weighted by atomic mass is 10.0. The van der Waals surface area contributed by atoms with Gasteiger partial charge in [-0.2, -0.15) is 0 Å². The van der Waals surface area contributed by atoms with Gasteiger partial charge in [-0.15, -0.1) is 0 Å². The summed E-state index contributed by atoms with van der Waals surface area (Å²) in [6.07, 6.45) is 2.16. The average molecular weight is 344 g/mol. The summed E-state index contributed by atoms with van der Waals surface area (Å²) in [6, 6.07) is 27.4. The average Bonchev–Trinajstić information content (AvgIpc) is 2.72. The molecule has 0 radical (unpaired) electrons. The van der Waals surface area contributed by atoms with Crippen molar-refractivity contribution in [3.05, 3.63) is 102 Å². The standard InChI is InChI=1S/C22H20N2O2/c25-22(24-26)19-11-13-21(14-12-19)23-16-20(18-9-5-2-6-10-18)15-17-7-3-1-4-8-17/h1-15,23,26H,16H2,(H,24,25)/b20-15-. The van der Waals surface area contributed by atoms with Crippen LogP contribution in [0.1, 0.15) is 21.5 Å². The molecule has 0 aromatic heterocycles. The van der Waals surface area contributed by atoms with Crippen LogP contribution in [0.25, 0.3) is 11.6 Å². The monoisotopic (exact) mass is 344 g/mol. The lowest BCUT2D eigenvalue weighted by Crippen LogP contribution is -2.18. The van der Waals surface area contributed by atoms with E-state index in [2.05, 4.69) is 35.7 Å². The summed E-state index contributed by atoms with van der Waals surface area (Å²) in [5, 5.41) is 12.1. The predicted molar refractivity (Wildman–Crippen MR) is 105 cm³/mol. The first-order chi connectivity index (χ1) is 12.8. The van der Waals surface area contributed by atoms with Crippen LogP contribution < -0.4 is 10.8 Å². The van der Waals surface area contributed by atoms with Crippen molar-refractivity contribution in [2.24, 2.45) is 0 Å². The Labute approximate surface area is 152 Å². The molecule has 3 aromatic carbocycles. The van der Waals surface area contributed by atoms with E-state index in [-0.39, 0.29) is 0 Å². The number of amides is 1. The molecule has 0 atom stereocenters. The molecule has 4 nitrogen and oxygen atoms in total. The number of hydroxylamine groups is 1. The van der Waals surface area contributed by atoms with E-state index in [1.165, 1.54) is 0 Å². The van der Waals surface area contributed by atoms with E-state index < -0.39 is 5.91 Å². The predicted octanol–water partition coefficient (Wildman–Crippen LogP) is 4.46. The van der Waals surface area contributed by atoms with E-state index in [9.17, 15) is 4.79 Å². The number of nitrogens with one attached hydrogen (secondary N) is 2. The molecule has 0 spiro atoms. The molecule has 3 aromatic rings. The summed E-state index contributed by atoms with van der Waals surface area (Å²) in [5.41, 5.74) is 6.39. The first kappa shape index (κ1) is 17.5. The number of rotatable bonds is 6. The van der Waals surface area contributed by atoms with Gasteiger partial charge in [0.05, 0.1) is 0 Å². The molecule has 4 heteroatoms. The highest BCUT2D eigenvalue weighted by molar-refractivity contribution is 5.93. The van der Waals surface area contributed by atoms with Crippen molar-refractivity contribution in [2.75, 3.05) is 11.9 Å². The summed E-state index contributed by atoms with van der Waals surface area (Å²) < 4.78 is 0. The topological polar surface area (TPSA) is 61.4 Å². The fraction of sp³-hybridized carbons (Fsp3) is 0.0455. The molecule has 26 heavy (non-hydrogen) atoms. The molecule has 0 heterocycles. The molecule has 3 rings (SSSR count). The van der Waals surface area contributed by atoms with Crippen LogP contribution in [0.15, 0.2) is 84.9 Å². The largest absolute Gasteiger partial charge is 0.381 e. The molecule has 0 saturated carbocycles. The maximum absolute atomic E-state index is 11.4. The molecular formula is C22H20N2O2. The third-order valence-electron chi connectivity index (χ3n) is 4.02. The second-order valence-corrected chi connectivity index (χ2v) is 5.82. The lowest BCUT2D eigenvalue weighted by Gasteiger charge is -2.12. The molecule has 0 aliphatic rings. The van der Waals surface area contributed by atoms with Crippen LogP contribution in [0.4, 0.5) is 5.69 Å². The van der Waals surface area contributed by atoms with Crippen LogP contribution in [-0.2, 0) is 0 Å². The fourth-order valence-electron chi connectivity index (χ4n) is 2.64. The number of hydrogen-bond donors (Lipinski definition) is 3. The highest BCUT2D eigenvalue weighted by atomic mass is 16.5. The summed E-state index contributed by atoms with van der Waals surface area (Å²) in [4.78, 5) is 11.4.